The van der Waals surface area contributed by atoms with Gasteiger partial charge in [0.2, 0.25) is 5.91 Å². The number of rotatable bonds is 7. The molecule has 1 unspecified atom stereocenters. The maximum absolute atomic E-state index is 12.5. The number of amides is 2. The zero-order valence-corrected chi connectivity index (χ0v) is 18.4. The lowest BCUT2D eigenvalue weighted by atomic mass is 9.90. The Kier molecular flexibility index (Phi) is 6.57. The van der Waals surface area contributed by atoms with Crippen LogP contribution in [0.5, 0.6) is 0 Å². The molecule has 162 valence electrons. The summed E-state index contributed by atoms with van der Waals surface area (Å²) in [6.45, 7) is 2.17. The van der Waals surface area contributed by atoms with Gasteiger partial charge >= 0.3 is 0 Å². The van der Waals surface area contributed by atoms with Crippen molar-refractivity contribution in [2.45, 2.75) is 12.8 Å². The fourth-order valence-electron chi connectivity index (χ4n) is 3.85. The van der Waals surface area contributed by atoms with Crippen LogP contribution in [0.4, 0.5) is 0 Å². The van der Waals surface area contributed by atoms with Crippen LogP contribution in [0.2, 0.25) is 5.02 Å². The number of carbonyl (C=O) groups excluding carboxylic acids is 2. The van der Waals surface area contributed by atoms with Crippen LogP contribution in [-0.4, -0.2) is 29.9 Å². The number of nitrogens with one attached hydrogen (secondary N) is 3. The summed E-state index contributed by atoms with van der Waals surface area (Å²) in [5.41, 5.74) is 4.53. The van der Waals surface area contributed by atoms with Crippen molar-refractivity contribution in [1.29, 1.82) is 0 Å². The molecule has 0 aliphatic rings. The molecule has 0 fully saturated rings. The molecule has 3 N–H and O–H groups in total. The van der Waals surface area contributed by atoms with Crippen LogP contribution in [-0.2, 0) is 4.79 Å². The average Bonchev–Trinajstić information content (AvgIpc) is 3.23. The Balaban J connectivity index is 1.48. The molecule has 1 aromatic heterocycles. The van der Waals surface area contributed by atoms with Crippen molar-refractivity contribution >= 4 is 34.3 Å². The third-order valence-corrected chi connectivity index (χ3v) is 5.81. The standard InChI is InChI=1S/C26H24ClN3O2/c1-17-7-6-8-18(13-17)26(32)30-16-25(31)29-15-21(19-9-2-4-11-23(19)27)22-14-28-24-12-5-3-10-20(22)24/h2-14,21,28H,15-16H2,1H3,(H,29,31)(H,30,32). The summed E-state index contributed by atoms with van der Waals surface area (Å²) in [6, 6.07) is 22.9. The first kappa shape index (κ1) is 21.7. The van der Waals surface area contributed by atoms with Crippen molar-refractivity contribution in [3.63, 3.8) is 0 Å². The van der Waals surface area contributed by atoms with Crippen LogP contribution >= 0.6 is 11.6 Å². The molecule has 0 saturated carbocycles. The molecule has 0 bridgehead atoms. The van der Waals surface area contributed by atoms with E-state index in [4.69, 9.17) is 11.6 Å². The van der Waals surface area contributed by atoms with E-state index >= 15 is 0 Å². The number of aromatic amines is 1. The lowest BCUT2D eigenvalue weighted by Gasteiger charge is -2.19. The summed E-state index contributed by atoms with van der Waals surface area (Å²) >= 11 is 6.51. The van der Waals surface area contributed by atoms with Gasteiger partial charge in [-0.1, -0.05) is 65.7 Å². The Morgan fingerprint density at radius 3 is 2.53 bits per heavy atom. The summed E-state index contributed by atoms with van der Waals surface area (Å²) in [5.74, 6) is -0.678. The largest absolute Gasteiger partial charge is 0.361 e. The normalized spacial score (nSPS) is 11.8. The molecule has 0 aliphatic carbocycles. The summed E-state index contributed by atoms with van der Waals surface area (Å²) in [7, 11) is 0. The molecule has 0 radical (unpaired) electrons. The maximum Gasteiger partial charge on any atom is 0.251 e. The molecule has 3 aromatic carbocycles. The van der Waals surface area contributed by atoms with E-state index in [-0.39, 0.29) is 24.3 Å². The summed E-state index contributed by atoms with van der Waals surface area (Å²) < 4.78 is 0. The van der Waals surface area contributed by atoms with E-state index in [9.17, 15) is 9.59 Å². The minimum atomic E-state index is -0.275. The number of benzene rings is 3. The van der Waals surface area contributed by atoms with Gasteiger partial charge in [-0.2, -0.15) is 0 Å². The van der Waals surface area contributed by atoms with Gasteiger partial charge in [-0.15, -0.1) is 0 Å². The second-order valence-electron chi connectivity index (χ2n) is 7.72. The molecular formula is C26H24ClN3O2. The Morgan fingerprint density at radius 1 is 0.938 bits per heavy atom. The molecule has 0 saturated heterocycles. The van der Waals surface area contributed by atoms with Crippen LogP contribution in [0.25, 0.3) is 10.9 Å². The molecule has 0 aliphatic heterocycles. The third-order valence-electron chi connectivity index (χ3n) is 5.47. The lowest BCUT2D eigenvalue weighted by Crippen LogP contribution is -2.38. The summed E-state index contributed by atoms with van der Waals surface area (Å²) in [6.07, 6.45) is 1.96. The Bertz CT molecular complexity index is 1260. The summed E-state index contributed by atoms with van der Waals surface area (Å²) in [4.78, 5) is 28.2. The third kappa shape index (κ3) is 4.84. The van der Waals surface area contributed by atoms with Crippen LogP contribution < -0.4 is 10.6 Å². The Labute approximate surface area is 191 Å². The molecular weight excluding hydrogens is 422 g/mol. The molecule has 5 nitrogen and oxygen atoms in total. The Morgan fingerprint density at radius 2 is 1.72 bits per heavy atom. The van der Waals surface area contributed by atoms with Gasteiger partial charge in [0.05, 0.1) is 6.54 Å². The van der Waals surface area contributed by atoms with Gasteiger partial charge in [0, 0.05) is 40.1 Å². The smallest absolute Gasteiger partial charge is 0.251 e. The second kappa shape index (κ2) is 9.71. The topological polar surface area (TPSA) is 74.0 Å². The number of fused-ring (bicyclic) bond motifs is 1. The molecule has 4 aromatic rings. The average molecular weight is 446 g/mol. The van der Waals surface area contributed by atoms with E-state index < -0.39 is 0 Å². The zero-order chi connectivity index (χ0) is 22.5. The van der Waals surface area contributed by atoms with Gasteiger partial charge in [0.25, 0.3) is 5.91 Å². The number of para-hydroxylation sites is 1. The highest BCUT2D eigenvalue weighted by Gasteiger charge is 2.21. The highest BCUT2D eigenvalue weighted by Crippen LogP contribution is 2.34. The van der Waals surface area contributed by atoms with E-state index in [0.717, 1.165) is 27.6 Å². The number of H-pyrrole nitrogens is 1. The molecule has 4 rings (SSSR count). The number of halogens is 1. The van der Waals surface area contributed by atoms with Gasteiger partial charge in [-0.05, 0) is 42.3 Å². The highest BCUT2D eigenvalue weighted by atomic mass is 35.5. The monoisotopic (exact) mass is 445 g/mol. The van der Waals surface area contributed by atoms with Crippen LogP contribution in [0.3, 0.4) is 0 Å². The second-order valence-corrected chi connectivity index (χ2v) is 8.13. The molecule has 2 amide bonds. The summed E-state index contributed by atoms with van der Waals surface area (Å²) in [5, 5.41) is 7.36. The maximum atomic E-state index is 12.5. The molecule has 6 heteroatoms. The first-order chi connectivity index (χ1) is 15.5. The molecule has 1 heterocycles. The van der Waals surface area contributed by atoms with E-state index in [2.05, 4.69) is 21.7 Å². The number of aromatic nitrogens is 1. The zero-order valence-electron chi connectivity index (χ0n) is 17.7. The van der Waals surface area contributed by atoms with Crippen molar-refractivity contribution in [3.05, 3.63) is 106 Å². The quantitative estimate of drug-likeness (QED) is 0.382. The lowest BCUT2D eigenvalue weighted by molar-refractivity contribution is -0.120. The van der Waals surface area contributed by atoms with Crippen molar-refractivity contribution in [1.82, 2.24) is 15.6 Å². The van der Waals surface area contributed by atoms with Crippen molar-refractivity contribution in [2.24, 2.45) is 0 Å². The van der Waals surface area contributed by atoms with Crippen LogP contribution in [0.1, 0.15) is 33.0 Å². The number of aryl methyl sites for hydroxylation is 1. The van der Waals surface area contributed by atoms with Gasteiger partial charge in [0.15, 0.2) is 0 Å². The van der Waals surface area contributed by atoms with Gasteiger partial charge in [-0.25, -0.2) is 0 Å². The number of hydrogen-bond acceptors (Lipinski definition) is 2. The van der Waals surface area contributed by atoms with Crippen molar-refractivity contribution < 1.29 is 9.59 Å². The first-order valence-electron chi connectivity index (χ1n) is 10.4. The van der Waals surface area contributed by atoms with Crippen molar-refractivity contribution in [2.75, 3.05) is 13.1 Å². The predicted molar refractivity (Wildman–Crippen MR) is 128 cm³/mol. The van der Waals surface area contributed by atoms with E-state index in [0.29, 0.717) is 17.1 Å². The molecule has 1 atom stereocenters. The Hall–Kier alpha value is -3.57. The SMILES string of the molecule is Cc1cccc(C(=O)NCC(=O)NCC(c2ccccc2Cl)c2c[nH]c3ccccc23)c1. The highest BCUT2D eigenvalue weighted by molar-refractivity contribution is 6.31. The van der Waals surface area contributed by atoms with Crippen molar-refractivity contribution in [3.8, 4) is 0 Å². The van der Waals surface area contributed by atoms with E-state index in [1.54, 1.807) is 12.1 Å². The van der Waals surface area contributed by atoms with Gasteiger partial charge in [0.1, 0.15) is 0 Å². The first-order valence-corrected chi connectivity index (χ1v) is 10.8. The van der Waals surface area contributed by atoms with E-state index in [1.807, 2.05) is 67.7 Å². The molecule has 32 heavy (non-hydrogen) atoms. The minimum absolute atomic E-state index is 0.101. The minimum Gasteiger partial charge on any atom is -0.361 e. The van der Waals surface area contributed by atoms with Gasteiger partial charge < -0.3 is 15.6 Å². The molecule has 0 spiro atoms. The van der Waals surface area contributed by atoms with Crippen LogP contribution in [0, 0.1) is 6.92 Å². The predicted octanol–water partition coefficient (Wildman–Crippen LogP) is 4.81. The van der Waals surface area contributed by atoms with E-state index in [1.165, 1.54) is 0 Å². The fourth-order valence-corrected chi connectivity index (χ4v) is 4.12. The number of hydrogen-bond donors (Lipinski definition) is 3. The van der Waals surface area contributed by atoms with Gasteiger partial charge in [-0.3, -0.25) is 9.59 Å². The number of carbonyl (C=O) groups is 2. The van der Waals surface area contributed by atoms with Crippen LogP contribution in [0.15, 0.2) is 79.0 Å². The fraction of sp³-hybridized carbons (Fsp3) is 0.154.